The van der Waals surface area contributed by atoms with Crippen molar-refractivity contribution < 1.29 is 9.90 Å². The molecular weight excluding hydrogens is 396 g/mol. The van der Waals surface area contributed by atoms with Crippen LogP contribution in [0.1, 0.15) is 36.6 Å². The smallest absolute Gasteiger partial charge is 0.303 e. The summed E-state index contributed by atoms with van der Waals surface area (Å²) in [4.78, 5) is 31.3. The fourth-order valence-corrected chi connectivity index (χ4v) is 5.34. The summed E-state index contributed by atoms with van der Waals surface area (Å²) in [7, 11) is 0. The Morgan fingerprint density at radius 1 is 1.36 bits per heavy atom. The molecule has 3 aromatic rings. The average Bonchev–Trinajstić information content (AvgIpc) is 3.01. The number of thiophene rings is 1. The Morgan fingerprint density at radius 2 is 2.11 bits per heavy atom. The molecule has 1 unspecified atom stereocenters. The normalized spacial score (nSPS) is 16.3. The molecule has 7 heteroatoms. The van der Waals surface area contributed by atoms with Gasteiger partial charge in [0.2, 0.25) is 0 Å². The molecule has 28 heavy (non-hydrogen) atoms. The molecule has 0 amide bonds. The van der Waals surface area contributed by atoms with E-state index in [9.17, 15) is 9.59 Å². The number of carboxylic acid groups (broad SMARTS) is 1. The van der Waals surface area contributed by atoms with Gasteiger partial charge in [0.1, 0.15) is 10.7 Å². The molecule has 0 fully saturated rings. The van der Waals surface area contributed by atoms with Crippen LogP contribution in [0.25, 0.3) is 21.6 Å². The number of hydrogen-bond acceptors (Lipinski definition) is 4. The lowest BCUT2D eigenvalue weighted by atomic mass is 9.89. The second-order valence-electron chi connectivity index (χ2n) is 7.43. The Hall–Kier alpha value is -2.18. The summed E-state index contributed by atoms with van der Waals surface area (Å²) in [5, 5.41) is 10.3. The van der Waals surface area contributed by atoms with Crippen molar-refractivity contribution in [2.45, 2.75) is 45.6 Å². The summed E-state index contributed by atoms with van der Waals surface area (Å²) in [6.45, 7) is 2.57. The molecule has 1 aliphatic carbocycles. The van der Waals surface area contributed by atoms with Crippen molar-refractivity contribution >= 4 is 39.1 Å². The van der Waals surface area contributed by atoms with Gasteiger partial charge >= 0.3 is 5.97 Å². The van der Waals surface area contributed by atoms with E-state index < -0.39 is 5.97 Å². The van der Waals surface area contributed by atoms with Crippen LogP contribution in [0.2, 0.25) is 5.02 Å². The van der Waals surface area contributed by atoms with E-state index in [4.69, 9.17) is 21.7 Å². The van der Waals surface area contributed by atoms with Crippen LogP contribution in [-0.2, 0) is 24.2 Å². The van der Waals surface area contributed by atoms with E-state index >= 15 is 0 Å². The first kappa shape index (κ1) is 19.2. The SMILES string of the molecule is CC1CCc2c(sc3nc(-c4ccc(Cl)cc4)n(CCCC(=O)O)c(=O)c23)C1. The number of hydrogen-bond donors (Lipinski definition) is 1. The maximum absolute atomic E-state index is 13.4. The molecule has 0 spiro atoms. The van der Waals surface area contributed by atoms with Crippen LogP contribution in [0.15, 0.2) is 29.1 Å². The zero-order valence-corrected chi connectivity index (χ0v) is 17.1. The van der Waals surface area contributed by atoms with E-state index in [1.54, 1.807) is 28.0 Å². The summed E-state index contributed by atoms with van der Waals surface area (Å²) in [5.41, 5.74) is 1.89. The third kappa shape index (κ3) is 3.59. The first-order valence-corrected chi connectivity index (χ1v) is 10.7. The molecule has 146 valence electrons. The number of aryl methyl sites for hydroxylation is 1. The van der Waals surface area contributed by atoms with E-state index in [0.717, 1.165) is 40.6 Å². The fraction of sp³-hybridized carbons (Fsp3) is 0.381. The lowest BCUT2D eigenvalue weighted by molar-refractivity contribution is -0.137. The van der Waals surface area contributed by atoms with Gasteiger partial charge < -0.3 is 5.11 Å². The molecule has 1 aromatic carbocycles. The predicted molar refractivity (Wildman–Crippen MR) is 112 cm³/mol. The number of fused-ring (bicyclic) bond motifs is 3. The standard InChI is InChI=1S/C21H21ClN2O3S/c1-12-4-9-15-16(11-12)28-20-18(15)21(27)24(10-2-3-17(25)26)19(23-20)13-5-7-14(22)8-6-13/h5-8,12H,2-4,9-11H2,1H3,(H,25,26). The summed E-state index contributed by atoms with van der Waals surface area (Å²) in [5.74, 6) is 0.331. The maximum atomic E-state index is 13.4. The predicted octanol–water partition coefficient (Wildman–Crippen LogP) is 4.77. The van der Waals surface area contributed by atoms with E-state index in [1.807, 2.05) is 12.1 Å². The lowest BCUT2D eigenvalue weighted by Gasteiger charge is -2.18. The van der Waals surface area contributed by atoms with Crippen LogP contribution in [0.3, 0.4) is 0 Å². The minimum atomic E-state index is -0.864. The van der Waals surface area contributed by atoms with Gasteiger partial charge in [0.25, 0.3) is 5.56 Å². The number of aromatic nitrogens is 2. The Kier molecular flexibility index (Phi) is 5.25. The van der Waals surface area contributed by atoms with E-state index in [0.29, 0.717) is 29.7 Å². The number of carbonyl (C=O) groups is 1. The zero-order valence-electron chi connectivity index (χ0n) is 15.6. The summed E-state index contributed by atoms with van der Waals surface area (Å²) in [6, 6.07) is 7.24. The van der Waals surface area contributed by atoms with Crippen LogP contribution in [0, 0.1) is 5.92 Å². The van der Waals surface area contributed by atoms with Gasteiger partial charge in [-0.15, -0.1) is 11.3 Å². The topological polar surface area (TPSA) is 72.2 Å². The number of aliphatic carboxylic acids is 1. The van der Waals surface area contributed by atoms with Crippen molar-refractivity contribution in [2.24, 2.45) is 5.92 Å². The van der Waals surface area contributed by atoms with Crippen molar-refractivity contribution in [3.05, 3.63) is 50.1 Å². The maximum Gasteiger partial charge on any atom is 0.303 e. The molecule has 0 radical (unpaired) electrons. The van der Waals surface area contributed by atoms with Crippen LogP contribution >= 0.6 is 22.9 Å². The molecule has 1 N–H and O–H groups in total. The van der Waals surface area contributed by atoms with Crippen molar-refractivity contribution in [1.29, 1.82) is 0 Å². The van der Waals surface area contributed by atoms with Gasteiger partial charge in [0.05, 0.1) is 5.39 Å². The minimum absolute atomic E-state index is 0.0177. The molecule has 1 atom stereocenters. The summed E-state index contributed by atoms with van der Waals surface area (Å²) < 4.78 is 1.64. The molecule has 2 aromatic heterocycles. The number of rotatable bonds is 5. The van der Waals surface area contributed by atoms with Crippen molar-refractivity contribution in [3.63, 3.8) is 0 Å². The molecule has 0 aliphatic heterocycles. The first-order chi connectivity index (χ1) is 13.4. The second kappa shape index (κ2) is 7.68. The Balaban J connectivity index is 1.89. The highest BCUT2D eigenvalue weighted by molar-refractivity contribution is 7.18. The van der Waals surface area contributed by atoms with Gasteiger partial charge in [-0.2, -0.15) is 0 Å². The Morgan fingerprint density at radius 3 is 2.82 bits per heavy atom. The van der Waals surface area contributed by atoms with Gasteiger partial charge in [-0.05, 0) is 61.4 Å². The van der Waals surface area contributed by atoms with Crippen LogP contribution in [0.4, 0.5) is 0 Å². The van der Waals surface area contributed by atoms with Gasteiger partial charge in [-0.1, -0.05) is 18.5 Å². The first-order valence-electron chi connectivity index (χ1n) is 9.47. The number of nitrogens with zero attached hydrogens (tertiary/aromatic N) is 2. The minimum Gasteiger partial charge on any atom is -0.481 e. The molecule has 1 aliphatic rings. The summed E-state index contributed by atoms with van der Waals surface area (Å²) in [6.07, 6.45) is 3.38. The quantitative estimate of drug-likeness (QED) is 0.650. The third-order valence-corrected chi connectivity index (χ3v) is 6.69. The fourth-order valence-electron chi connectivity index (χ4n) is 3.84. The number of halogens is 1. The zero-order chi connectivity index (χ0) is 19.8. The summed E-state index contributed by atoms with van der Waals surface area (Å²) >= 11 is 7.64. The largest absolute Gasteiger partial charge is 0.481 e. The van der Waals surface area contributed by atoms with Gasteiger partial charge in [0, 0.05) is 28.4 Å². The molecule has 2 heterocycles. The van der Waals surface area contributed by atoms with Crippen LogP contribution in [0.5, 0.6) is 0 Å². The van der Waals surface area contributed by atoms with Crippen molar-refractivity contribution in [1.82, 2.24) is 9.55 Å². The highest BCUT2D eigenvalue weighted by Gasteiger charge is 2.25. The molecule has 0 bridgehead atoms. The van der Waals surface area contributed by atoms with Gasteiger partial charge in [-0.25, -0.2) is 4.98 Å². The van der Waals surface area contributed by atoms with Crippen molar-refractivity contribution in [3.8, 4) is 11.4 Å². The molecular formula is C21H21ClN2O3S. The molecule has 0 saturated carbocycles. The highest BCUT2D eigenvalue weighted by atomic mass is 35.5. The molecule has 0 saturated heterocycles. The van der Waals surface area contributed by atoms with E-state index in [1.165, 1.54) is 4.88 Å². The van der Waals surface area contributed by atoms with Crippen LogP contribution in [-0.4, -0.2) is 20.6 Å². The number of benzene rings is 1. The lowest BCUT2D eigenvalue weighted by Crippen LogP contribution is -2.24. The molecule has 4 rings (SSSR count). The Labute approximate surface area is 171 Å². The average molecular weight is 417 g/mol. The van der Waals surface area contributed by atoms with Gasteiger partial charge in [-0.3, -0.25) is 14.2 Å². The molecule has 5 nitrogen and oxygen atoms in total. The number of carboxylic acids is 1. The van der Waals surface area contributed by atoms with E-state index in [2.05, 4.69) is 6.92 Å². The van der Waals surface area contributed by atoms with Gasteiger partial charge in [0.15, 0.2) is 0 Å². The highest BCUT2D eigenvalue weighted by Crippen LogP contribution is 2.36. The second-order valence-corrected chi connectivity index (χ2v) is 8.95. The third-order valence-electron chi connectivity index (χ3n) is 5.29. The van der Waals surface area contributed by atoms with Crippen molar-refractivity contribution in [2.75, 3.05) is 0 Å². The Bertz CT molecular complexity index is 1100. The van der Waals surface area contributed by atoms with Crippen LogP contribution < -0.4 is 5.56 Å². The van der Waals surface area contributed by atoms with E-state index in [-0.39, 0.29) is 12.0 Å². The monoisotopic (exact) mass is 416 g/mol.